The number of aromatic amines is 1. The molecule has 0 aromatic carbocycles. The van der Waals surface area contributed by atoms with Crippen LogP contribution in [0.4, 0.5) is 0 Å². The van der Waals surface area contributed by atoms with Crippen molar-refractivity contribution in [2.24, 2.45) is 0 Å². The molecule has 6 nitrogen and oxygen atoms in total. The third kappa shape index (κ3) is 2.86. The summed E-state index contributed by atoms with van der Waals surface area (Å²) < 4.78 is 0. The van der Waals surface area contributed by atoms with Gasteiger partial charge in [-0.05, 0) is 12.8 Å². The molecule has 3 rings (SSSR count). The molecule has 1 aliphatic carbocycles. The Morgan fingerprint density at radius 2 is 2.20 bits per heavy atom. The normalized spacial score (nSPS) is 30.4. The van der Waals surface area contributed by atoms with Crippen LogP contribution in [-0.2, 0) is 17.8 Å². The first-order chi connectivity index (χ1) is 9.74. The number of fused-ring (bicyclic) bond motifs is 1. The summed E-state index contributed by atoms with van der Waals surface area (Å²) in [6.45, 7) is 0.640. The topological polar surface area (TPSA) is 90.0 Å². The highest BCUT2D eigenvalue weighted by atomic mass is 16.3. The average Bonchev–Trinajstić information content (AvgIpc) is 2.83. The fourth-order valence-corrected chi connectivity index (χ4v) is 3.09. The molecule has 1 aromatic heterocycles. The number of aliphatic hydroxyl groups is 1. The van der Waals surface area contributed by atoms with E-state index < -0.39 is 6.10 Å². The van der Waals surface area contributed by atoms with Crippen molar-refractivity contribution < 1.29 is 9.90 Å². The van der Waals surface area contributed by atoms with Gasteiger partial charge in [-0.2, -0.15) is 0 Å². The molecule has 0 saturated heterocycles. The lowest BCUT2D eigenvalue weighted by Crippen LogP contribution is -2.53. The molecule has 1 saturated carbocycles. The van der Waals surface area contributed by atoms with Crippen LogP contribution in [0.25, 0.3) is 0 Å². The minimum Gasteiger partial charge on any atom is -0.391 e. The molecular weight excluding hydrogens is 256 g/mol. The molecule has 0 bridgehead atoms. The predicted octanol–water partition coefficient (Wildman–Crippen LogP) is 0.234. The lowest BCUT2D eigenvalue weighted by Gasteiger charge is -2.27. The zero-order valence-corrected chi connectivity index (χ0v) is 11.6. The number of hydrogen-bond donors (Lipinski definition) is 4. The van der Waals surface area contributed by atoms with Crippen LogP contribution in [0.2, 0.25) is 0 Å². The Balaban J connectivity index is 1.59. The van der Waals surface area contributed by atoms with E-state index >= 15 is 0 Å². The Hall–Kier alpha value is -1.40. The molecule has 1 fully saturated rings. The molecule has 4 N–H and O–H groups in total. The van der Waals surface area contributed by atoms with E-state index in [1.54, 1.807) is 6.33 Å². The summed E-state index contributed by atoms with van der Waals surface area (Å²) in [4.78, 5) is 19.6. The number of nitrogens with one attached hydrogen (secondary N) is 3. The minimum atomic E-state index is -0.411. The van der Waals surface area contributed by atoms with E-state index in [0.29, 0.717) is 13.0 Å². The summed E-state index contributed by atoms with van der Waals surface area (Å²) >= 11 is 0. The van der Waals surface area contributed by atoms with Crippen molar-refractivity contribution >= 4 is 5.91 Å². The van der Waals surface area contributed by atoms with Crippen molar-refractivity contribution in [3.63, 3.8) is 0 Å². The van der Waals surface area contributed by atoms with Crippen LogP contribution in [0, 0.1) is 0 Å². The van der Waals surface area contributed by atoms with Crippen LogP contribution in [0.1, 0.15) is 43.5 Å². The van der Waals surface area contributed by atoms with Gasteiger partial charge in [-0.1, -0.05) is 19.3 Å². The average molecular weight is 278 g/mol. The number of rotatable bonds is 2. The molecule has 1 aromatic rings. The highest BCUT2D eigenvalue weighted by Gasteiger charge is 2.29. The zero-order chi connectivity index (χ0) is 13.9. The summed E-state index contributed by atoms with van der Waals surface area (Å²) in [5.74, 6) is -0.0235. The fourth-order valence-electron chi connectivity index (χ4n) is 3.09. The first kappa shape index (κ1) is 13.6. The minimum absolute atomic E-state index is 0.0235. The van der Waals surface area contributed by atoms with E-state index in [9.17, 15) is 9.90 Å². The SMILES string of the molecule is O=C(NC1CCCCCC1O)C1Cc2nc[nH]c2CN1. The number of nitrogens with zero attached hydrogens (tertiary/aromatic N) is 1. The van der Waals surface area contributed by atoms with Crippen LogP contribution in [0.5, 0.6) is 0 Å². The van der Waals surface area contributed by atoms with Gasteiger partial charge in [0.05, 0.1) is 35.9 Å². The van der Waals surface area contributed by atoms with Crippen LogP contribution in [-0.4, -0.2) is 39.2 Å². The zero-order valence-electron chi connectivity index (χ0n) is 11.6. The monoisotopic (exact) mass is 278 g/mol. The molecule has 2 aliphatic rings. The van der Waals surface area contributed by atoms with Crippen molar-refractivity contribution in [3.8, 4) is 0 Å². The number of imidazole rings is 1. The molecule has 110 valence electrons. The highest BCUT2D eigenvalue weighted by Crippen LogP contribution is 2.19. The Morgan fingerprint density at radius 3 is 3.10 bits per heavy atom. The van der Waals surface area contributed by atoms with Gasteiger partial charge in [-0.25, -0.2) is 4.98 Å². The van der Waals surface area contributed by atoms with Crippen LogP contribution < -0.4 is 10.6 Å². The van der Waals surface area contributed by atoms with E-state index in [-0.39, 0.29) is 18.0 Å². The van der Waals surface area contributed by atoms with E-state index in [1.807, 2.05) is 0 Å². The second kappa shape index (κ2) is 5.93. The van der Waals surface area contributed by atoms with Gasteiger partial charge >= 0.3 is 0 Å². The van der Waals surface area contributed by atoms with Gasteiger partial charge in [0.2, 0.25) is 5.91 Å². The van der Waals surface area contributed by atoms with Crippen molar-refractivity contribution in [2.45, 2.75) is 63.3 Å². The van der Waals surface area contributed by atoms with Crippen molar-refractivity contribution in [2.75, 3.05) is 0 Å². The Labute approximate surface area is 118 Å². The summed E-state index contributed by atoms with van der Waals surface area (Å²) in [6.07, 6.45) is 6.78. The predicted molar refractivity (Wildman–Crippen MR) is 73.9 cm³/mol. The van der Waals surface area contributed by atoms with Gasteiger partial charge in [0.1, 0.15) is 0 Å². The quantitative estimate of drug-likeness (QED) is 0.583. The maximum Gasteiger partial charge on any atom is 0.237 e. The Kier molecular flexibility index (Phi) is 4.03. The van der Waals surface area contributed by atoms with Gasteiger partial charge < -0.3 is 15.4 Å². The summed E-state index contributed by atoms with van der Waals surface area (Å²) in [5.41, 5.74) is 2.02. The molecule has 1 aliphatic heterocycles. The second-order valence-electron chi connectivity index (χ2n) is 5.79. The number of aliphatic hydroxyl groups excluding tert-OH is 1. The molecule has 3 atom stereocenters. The fraction of sp³-hybridized carbons (Fsp3) is 0.714. The van der Waals surface area contributed by atoms with Crippen molar-refractivity contribution in [1.82, 2.24) is 20.6 Å². The molecule has 2 heterocycles. The third-order valence-electron chi connectivity index (χ3n) is 4.35. The van der Waals surface area contributed by atoms with Gasteiger partial charge in [-0.3, -0.25) is 10.1 Å². The summed E-state index contributed by atoms with van der Waals surface area (Å²) in [5, 5.41) is 16.3. The highest BCUT2D eigenvalue weighted by molar-refractivity contribution is 5.82. The molecule has 3 unspecified atom stereocenters. The van der Waals surface area contributed by atoms with Crippen molar-refractivity contribution in [1.29, 1.82) is 0 Å². The summed E-state index contributed by atoms with van der Waals surface area (Å²) in [7, 11) is 0. The van der Waals surface area contributed by atoms with E-state index in [2.05, 4.69) is 20.6 Å². The van der Waals surface area contributed by atoms with E-state index in [4.69, 9.17) is 0 Å². The number of H-pyrrole nitrogens is 1. The van der Waals surface area contributed by atoms with Gasteiger partial charge in [0, 0.05) is 13.0 Å². The molecule has 20 heavy (non-hydrogen) atoms. The third-order valence-corrected chi connectivity index (χ3v) is 4.35. The lowest BCUT2D eigenvalue weighted by atomic mass is 10.0. The van der Waals surface area contributed by atoms with Crippen LogP contribution in [0.3, 0.4) is 0 Å². The number of aromatic nitrogens is 2. The number of carbonyl (C=O) groups excluding carboxylic acids is 1. The first-order valence-corrected chi connectivity index (χ1v) is 7.47. The standard InChI is InChI=1S/C14H22N4O2/c19-13-5-3-1-2-4-9(13)18-14(20)11-6-10-12(7-15-11)17-8-16-10/h8-9,11,13,15,19H,1-7H2,(H,16,17)(H,18,20). The number of carbonyl (C=O) groups is 1. The molecule has 0 radical (unpaired) electrons. The Bertz CT molecular complexity index is 473. The van der Waals surface area contributed by atoms with Gasteiger partial charge in [-0.15, -0.1) is 0 Å². The number of hydrogen-bond acceptors (Lipinski definition) is 4. The Morgan fingerprint density at radius 1 is 1.35 bits per heavy atom. The van der Waals surface area contributed by atoms with E-state index in [1.165, 1.54) is 0 Å². The lowest BCUT2D eigenvalue weighted by molar-refractivity contribution is -0.125. The maximum absolute atomic E-state index is 12.3. The smallest absolute Gasteiger partial charge is 0.237 e. The van der Waals surface area contributed by atoms with Gasteiger partial charge in [0.15, 0.2) is 0 Å². The molecule has 0 spiro atoms. The van der Waals surface area contributed by atoms with Crippen LogP contribution >= 0.6 is 0 Å². The molecule has 1 amide bonds. The van der Waals surface area contributed by atoms with Gasteiger partial charge in [0.25, 0.3) is 0 Å². The molecular formula is C14H22N4O2. The maximum atomic E-state index is 12.3. The molecule has 6 heteroatoms. The van der Waals surface area contributed by atoms with Crippen LogP contribution in [0.15, 0.2) is 6.33 Å². The van der Waals surface area contributed by atoms with E-state index in [0.717, 1.165) is 43.5 Å². The first-order valence-electron chi connectivity index (χ1n) is 7.47. The second-order valence-corrected chi connectivity index (χ2v) is 5.79. The summed E-state index contributed by atoms with van der Waals surface area (Å²) in [6, 6.07) is -0.353. The number of amides is 1. The largest absolute Gasteiger partial charge is 0.391 e. The van der Waals surface area contributed by atoms with Crippen molar-refractivity contribution in [3.05, 3.63) is 17.7 Å².